The lowest BCUT2D eigenvalue weighted by atomic mass is 9.93. The summed E-state index contributed by atoms with van der Waals surface area (Å²) >= 11 is 0. The molecule has 1 saturated heterocycles. The van der Waals surface area contributed by atoms with Crippen LogP contribution in [0.4, 0.5) is 4.79 Å². The van der Waals surface area contributed by atoms with Crippen molar-refractivity contribution in [3.05, 3.63) is 0 Å². The van der Waals surface area contributed by atoms with Crippen molar-refractivity contribution >= 4 is 6.03 Å². The third-order valence-electron chi connectivity index (χ3n) is 3.28. The van der Waals surface area contributed by atoms with E-state index in [-0.39, 0.29) is 6.03 Å². The van der Waals surface area contributed by atoms with Gasteiger partial charge < -0.3 is 16.0 Å². The third kappa shape index (κ3) is 2.18. The van der Waals surface area contributed by atoms with Crippen LogP contribution in [0.1, 0.15) is 32.6 Å². The van der Waals surface area contributed by atoms with Gasteiger partial charge in [-0.25, -0.2) is 4.79 Å². The smallest absolute Gasteiger partial charge is 0.315 e. The second-order valence-corrected chi connectivity index (χ2v) is 4.38. The van der Waals surface area contributed by atoms with Crippen LogP contribution in [-0.2, 0) is 0 Å². The van der Waals surface area contributed by atoms with Gasteiger partial charge in [-0.15, -0.1) is 0 Å². The van der Waals surface area contributed by atoms with E-state index in [1.807, 2.05) is 0 Å². The Morgan fingerprint density at radius 1 is 1.29 bits per heavy atom. The average Bonchev–Trinajstić information content (AvgIpc) is 2.45. The van der Waals surface area contributed by atoms with Crippen LogP contribution in [0.2, 0.25) is 0 Å². The highest BCUT2D eigenvalue weighted by Crippen LogP contribution is 2.17. The normalized spacial score (nSPS) is 32.4. The van der Waals surface area contributed by atoms with Gasteiger partial charge in [0.05, 0.1) is 0 Å². The molecule has 1 heterocycles. The van der Waals surface area contributed by atoms with E-state index in [1.54, 1.807) is 0 Å². The molecule has 1 aliphatic carbocycles. The van der Waals surface area contributed by atoms with Gasteiger partial charge in [-0.1, -0.05) is 0 Å². The Morgan fingerprint density at radius 3 is 2.57 bits per heavy atom. The fraction of sp³-hybridized carbons (Fsp3) is 0.900. The molecule has 1 saturated carbocycles. The number of hydrogen-bond acceptors (Lipinski definition) is 2. The summed E-state index contributed by atoms with van der Waals surface area (Å²) < 4.78 is 0. The van der Waals surface area contributed by atoms with Gasteiger partial charge in [0.15, 0.2) is 0 Å². The number of carbonyl (C=O) groups is 1. The van der Waals surface area contributed by atoms with Crippen LogP contribution in [0.25, 0.3) is 0 Å². The second-order valence-electron chi connectivity index (χ2n) is 4.38. The third-order valence-corrected chi connectivity index (χ3v) is 3.28. The number of nitrogens with one attached hydrogen (secondary N) is 3. The van der Waals surface area contributed by atoms with E-state index in [4.69, 9.17) is 0 Å². The maximum Gasteiger partial charge on any atom is 0.315 e. The van der Waals surface area contributed by atoms with E-state index >= 15 is 0 Å². The van der Waals surface area contributed by atoms with Crippen LogP contribution in [-0.4, -0.2) is 30.7 Å². The summed E-state index contributed by atoms with van der Waals surface area (Å²) in [4.78, 5) is 11.5. The first-order valence-corrected chi connectivity index (χ1v) is 5.56. The summed E-state index contributed by atoms with van der Waals surface area (Å²) in [7, 11) is 0. The van der Waals surface area contributed by atoms with E-state index in [2.05, 4.69) is 22.9 Å². The topological polar surface area (TPSA) is 53.2 Å². The lowest BCUT2D eigenvalue weighted by Gasteiger charge is -2.27. The number of carbonyl (C=O) groups excluding carboxylic acids is 1. The SMILES string of the molecule is CC1NCCC1NC(=O)NC1CCC1. The van der Waals surface area contributed by atoms with Gasteiger partial charge in [0, 0.05) is 18.1 Å². The molecule has 14 heavy (non-hydrogen) atoms. The highest BCUT2D eigenvalue weighted by atomic mass is 16.2. The van der Waals surface area contributed by atoms with Crippen LogP contribution in [0.3, 0.4) is 0 Å². The molecule has 0 aromatic heterocycles. The molecular weight excluding hydrogens is 178 g/mol. The maximum atomic E-state index is 11.5. The van der Waals surface area contributed by atoms with E-state index in [1.165, 1.54) is 6.42 Å². The molecule has 0 aromatic carbocycles. The van der Waals surface area contributed by atoms with Gasteiger partial charge in [-0.3, -0.25) is 0 Å². The van der Waals surface area contributed by atoms with E-state index < -0.39 is 0 Å². The number of hydrogen-bond donors (Lipinski definition) is 3. The van der Waals surface area contributed by atoms with Crippen molar-refractivity contribution < 1.29 is 4.79 Å². The van der Waals surface area contributed by atoms with Gasteiger partial charge in [-0.2, -0.15) is 0 Å². The average molecular weight is 197 g/mol. The fourth-order valence-corrected chi connectivity index (χ4v) is 2.00. The number of rotatable bonds is 2. The number of urea groups is 1. The lowest BCUT2D eigenvalue weighted by Crippen LogP contribution is -2.50. The molecule has 0 spiro atoms. The Hall–Kier alpha value is -0.770. The van der Waals surface area contributed by atoms with Crippen LogP contribution >= 0.6 is 0 Å². The number of amides is 2. The molecule has 2 unspecified atom stereocenters. The van der Waals surface area contributed by atoms with Gasteiger partial charge in [0.25, 0.3) is 0 Å². The minimum Gasteiger partial charge on any atom is -0.335 e. The van der Waals surface area contributed by atoms with Crippen molar-refractivity contribution in [1.29, 1.82) is 0 Å². The Morgan fingerprint density at radius 2 is 2.07 bits per heavy atom. The quantitative estimate of drug-likeness (QED) is 0.607. The first kappa shape index (κ1) is 9.77. The fourth-order valence-electron chi connectivity index (χ4n) is 2.00. The standard InChI is InChI=1S/C10H19N3O/c1-7-9(5-6-11-7)13-10(14)12-8-3-2-4-8/h7-9,11H,2-6H2,1H3,(H2,12,13,14). The molecule has 80 valence electrons. The zero-order valence-electron chi connectivity index (χ0n) is 8.68. The molecule has 4 heteroatoms. The minimum absolute atomic E-state index is 0.00949. The zero-order chi connectivity index (χ0) is 9.97. The summed E-state index contributed by atoms with van der Waals surface area (Å²) in [5, 5.41) is 9.31. The van der Waals surface area contributed by atoms with Crippen LogP contribution in [0.15, 0.2) is 0 Å². The molecule has 1 aliphatic heterocycles. The zero-order valence-corrected chi connectivity index (χ0v) is 8.68. The summed E-state index contributed by atoms with van der Waals surface area (Å²) in [6.45, 7) is 3.12. The monoisotopic (exact) mass is 197 g/mol. The molecule has 0 radical (unpaired) electrons. The molecular formula is C10H19N3O. The highest BCUT2D eigenvalue weighted by molar-refractivity contribution is 5.74. The van der Waals surface area contributed by atoms with E-state index in [9.17, 15) is 4.79 Å². The largest absolute Gasteiger partial charge is 0.335 e. The second kappa shape index (κ2) is 4.17. The molecule has 3 N–H and O–H groups in total. The molecule has 4 nitrogen and oxygen atoms in total. The van der Waals surface area contributed by atoms with Crippen LogP contribution < -0.4 is 16.0 Å². The Labute approximate surface area is 84.8 Å². The first-order valence-electron chi connectivity index (χ1n) is 5.56. The molecule has 0 bridgehead atoms. The summed E-state index contributed by atoms with van der Waals surface area (Å²) in [5.74, 6) is 0. The summed E-state index contributed by atoms with van der Waals surface area (Å²) in [6.07, 6.45) is 4.59. The van der Waals surface area contributed by atoms with Crippen molar-refractivity contribution in [1.82, 2.24) is 16.0 Å². The maximum absolute atomic E-state index is 11.5. The lowest BCUT2D eigenvalue weighted by molar-refractivity contribution is 0.223. The van der Waals surface area contributed by atoms with Gasteiger partial charge in [0.2, 0.25) is 0 Å². The van der Waals surface area contributed by atoms with Crippen LogP contribution in [0, 0.1) is 0 Å². The molecule has 2 aliphatic rings. The summed E-state index contributed by atoms with van der Waals surface area (Å²) in [6, 6.07) is 1.15. The predicted octanol–water partition coefficient (Wildman–Crippen LogP) is 0.588. The van der Waals surface area contributed by atoms with Crippen molar-refractivity contribution in [2.24, 2.45) is 0 Å². The summed E-state index contributed by atoms with van der Waals surface area (Å²) in [5.41, 5.74) is 0. The molecule has 2 rings (SSSR count). The van der Waals surface area contributed by atoms with Gasteiger partial charge >= 0.3 is 6.03 Å². The van der Waals surface area contributed by atoms with Crippen molar-refractivity contribution in [3.8, 4) is 0 Å². The molecule has 2 atom stereocenters. The molecule has 0 aromatic rings. The predicted molar refractivity (Wildman–Crippen MR) is 55.2 cm³/mol. The van der Waals surface area contributed by atoms with Gasteiger partial charge in [-0.05, 0) is 39.2 Å². The first-order chi connectivity index (χ1) is 6.75. The van der Waals surface area contributed by atoms with Crippen molar-refractivity contribution in [3.63, 3.8) is 0 Å². The highest BCUT2D eigenvalue weighted by Gasteiger charge is 2.26. The van der Waals surface area contributed by atoms with Gasteiger partial charge in [0.1, 0.15) is 0 Å². The Kier molecular flexibility index (Phi) is 2.91. The molecule has 2 fully saturated rings. The van der Waals surface area contributed by atoms with E-state index in [0.717, 1.165) is 25.8 Å². The van der Waals surface area contributed by atoms with Crippen molar-refractivity contribution in [2.75, 3.05) is 6.54 Å². The Balaban J connectivity index is 1.70. The van der Waals surface area contributed by atoms with Crippen LogP contribution in [0.5, 0.6) is 0 Å². The van der Waals surface area contributed by atoms with E-state index in [0.29, 0.717) is 18.1 Å². The van der Waals surface area contributed by atoms with Crippen molar-refractivity contribution in [2.45, 2.75) is 50.7 Å². The Bertz CT molecular complexity index is 215. The molecule has 2 amide bonds. The minimum atomic E-state index is 0.00949.